The van der Waals surface area contributed by atoms with E-state index >= 15 is 0 Å². The van der Waals surface area contributed by atoms with Gasteiger partial charge in [0, 0.05) is 11.1 Å². The van der Waals surface area contributed by atoms with Gasteiger partial charge in [-0.15, -0.1) is 0 Å². The zero-order valence-electron chi connectivity index (χ0n) is 18.2. The summed E-state index contributed by atoms with van der Waals surface area (Å²) in [5, 5.41) is 17.9. The van der Waals surface area contributed by atoms with Crippen LogP contribution in [0.3, 0.4) is 0 Å². The number of aromatic nitrogens is 1. The molecule has 1 amide bonds. The minimum atomic E-state index is -0.364. The summed E-state index contributed by atoms with van der Waals surface area (Å²) in [7, 11) is 0. The van der Waals surface area contributed by atoms with Gasteiger partial charge in [0.15, 0.2) is 11.5 Å². The van der Waals surface area contributed by atoms with E-state index in [2.05, 4.69) is 20.8 Å². The minimum absolute atomic E-state index is 0.0506. The molecule has 3 aromatic carbocycles. The first-order valence-electron chi connectivity index (χ1n) is 10.4. The van der Waals surface area contributed by atoms with Crippen LogP contribution in [0.1, 0.15) is 22.8 Å². The molecule has 172 valence electrons. The number of carbonyl (C=O) groups excluding carboxylic acids is 1. The maximum Gasteiger partial charge on any atom is 0.256 e. The number of aromatic hydroxyl groups is 1. The highest BCUT2D eigenvalue weighted by Gasteiger charge is 2.16. The van der Waals surface area contributed by atoms with Gasteiger partial charge in [-0.1, -0.05) is 29.5 Å². The molecule has 7 nitrogen and oxygen atoms in total. The number of carbonyl (C=O) groups is 1. The molecule has 0 unspecified atom stereocenters. The third-order valence-corrected chi connectivity index (χ3v) is 5.54. The van der Waals surface area contributed by atoms with Crippen LogP contribution in [0, 0.1) is 5.82 Å². The Morgan fingerprint density at radius 1 is 1.15 bits per heavy atom. The first kappa shape index (κ1) is 22.9. The summed E-state index contributed by atoms with van der Waals surface area (Å²) in [6.07, 6.45) is 1.56. The predicted molar refractivity (Wildman–Crippen MR) is 132 cm³/mol. The molecule has 4 aromatic rings. The Balaban J connectivity index is 1.57. The Kier molecular flexibility index (Phi) is 7.14. The van der Waals surface area contributed by atoms with Crippen molar-refractivity contribution < 1.29 is 19.0 Å². The van der Waals surface area contributed by atoms with Crippen LogP contribution in [0.4, 0.5) is 14.5 Å². The van der Waals surface area contributed by atoms with Crippen molar-refractivity contribution in [2.45, 2.75) is 6.92 Å². The topological polar surface area (TPSA) is 95.8 Å². The Labute approximate surface area is 199 Å². The highest BCUT2D eigenvalue weighted by Crippen LogP contribution is 2.36. The summed E-state index contributed by atoms with van der Waals surface area (Å²) in [5.41, 5.74) is 5.22. The fourth-order valence-electron chi connectivity index (χ4n) is 3.07. The summed E-state index contributed by atoms with van der Waals surface area (Å²) >= 11 is 1.20. The van der Waals surface area contributed by atoms with E-state index in [0.29, 0.717) is 44.9 Å². The lowest BCUT2D eigenvalue weighted by Crippen LogP contribution is -2.11. The van der Waals surface area contributed by atoms with Crippen molar-refractivity contribution in [2.24, 2.45) is 5.10 Å². The van der Waals surface area contributed by atoms with Crippen LogP contribution in [-0.2, 0) is 0 Å². The molecule has 9 heteroatoms. The Hall–Kier alpha value is -4.24. The Bertz CT molecular complexity index is 1310. The summed E-state index contributed by atoms with van der Waals surface area (Å²) in [6.45, 7) is 2.26. The van der Waals surface area contributed by atoms with E-state index in [9.17, 15) is 14.3 Å². The normalized spacial score (nSPS) is 10.9. The molecule has 0 saturated heterocycles. The highest BCUT2D eigenvalue weighted by molar-refractivity contribution is 7.20. The van der Waals surface area contributed by atoms with Crippen LogP contribution < -0.4 is 15.5 Å². The minimum Gasteiger partial charge on any atom is -0.504 e. The lowest BCUT2D eigenvalue weighted by Gasteiger charge is -2.05. The van der Waals surface area contributed by atoms with Crippen molar-refractivity contribution in [1.29, 1.82) is 0 Å². The van der Waals surface area contributed by atoms with E-state index in [1.54, 1.807) is 54.7 Å². The maximum absolute atomic E-state index is 13.4. The molecule has 0 atom stereocenters. The van der Waals surface area contributed by atoms with Crippen LogP contribution in [0.5, 0.6) is 11.5 Å². The average Bonchev–Trinajstić information content (AvgIpc) is 3.24. The lowest BCUT2D eigenvalue weighted by atomic mass is 10.1. The number of nitrogens with zero attached hydrogens (tertiary/aromatic N) is 2. The summed E-state index contributed by atoms with van der Waals surface area (Å²) < 4.78 is 18.8. The first-order chi connectivity index (χ1) is 16.5. The number of amides is 1. The number of halogens is 1. The standard InChI is InChI=1S/C25H21FN4O3S/c1-2-33-21-14-16(8-13-20(21)31)15-27-30-25-28-22(17-9-11-19(26)12-10-17)24(34-25)29-23(32)18-6-4-3-5-7-18/h3-15,31H,2H2,1H3,(H,28,30)(H,29,32). The number of rotatable bonds is 8. The number of benzene rings is 3. The number of thiazole rings is 1. The molecule has 1 heterocycles. The second-order valence-corrected chi connectivity index (χ2v) is 8.05. The molecule has 0 aliphatic carbocycles. The first-order valence-corrected chi connectivity index (χ1v) is 11.2. The molecule has 0 aliphatic heterocycles. The molecule has 0 spiro atoms. The zero-order valence-corrected chi connectivity index (χ0v) is 19.0. The van der Waals surface area contributed by atoms with Gasteiger partial charge in [0.25, 0.3) is 5.91 Å². The van der Waals surface area contributed by atoms with Gasteiger partial charge >= 0.3 is 0 Å². The largest absolute Gasteiger partial charge is 0.504 e. The van der Waals surface area contributed by atoms with Crippen LogP contribution in [-0.4, -0.2) is 28.8 Å². The summed E-state index contributed by atoms with van der Waals surface area (Å²) in [5.74, 6) is -0.229. The number of ether oxygens (including phenoxy) is 1. The van der Waals surface area contributed by atoms with Gasteiger partial charge in [0.1, 0.15) is 16.5 Å². The van der Waals surface area contributed by atoms with E-state index < -0.39 is 0 Å². The van der Waals surface area contributed by atoms with Crippen molar-refractivity contribution in [3.63, 3.8) is 0 Å². The van der Waals surface area contributed by atoms with Gasteiger partial charge in [-0.05, 0) is 67.1 Å². The van der Waals surface area contributed by atoms with Crippen LogP contribution in [0.25, 0.3) is 11.3 Å². The average molecular weight is 477 g/mol. The number of anilines is 2. The van der Waals surface area contributed by atoms with Gasteiger partial charge in [-0.2, -0.15) is 5.10 Å². The van der Waals surface area contributed by atoms with Crippen molar-refractivity contribution >= 4 is 33.6 Å². The number of hydrazone groups is 1. The van der Waals surface area contributed by atoms with E-state index in [0.717, 1.165) is 0 Å². The molecule has 1 aromatic heterocycles. The third-order valence-electron chi connectivity index (χ3n) is 4.67. The van der Waals surface area contributed by atoms with Gasteiger partial charge in [-0.25, -0.2) is 9.37 Å². The predicted octanol–water partition coefficient (Wildman–Crippen LogP) is 5.75. The van der Waals surface area contributed by atoms with E-state index in [4.69, 9.17) is 4.74 Å². The second kappa shape index (κ2) is 10.6. The highest BCUT2D eigenvalue weighted by atomic mass is 32.1. The maximum atomic E-state index is 13.4. The van der Waals surface area contributed by atoms with Crippen molar-refractivity contribution in [1.82, 2.24) is 4.98 Å². The van der Waals surface area contributed by atoms with E-state index in [-0.39, 0.29) is 17.5 Å². The van der Waals surface area contributed by atoms with Crippen molar-refractivity contribution in [3.8, 4) is 22.8 Å². The fraction of sp³-hybridized carbons (Fsp3) is 0.0800. The monoisotopic (exact) mass is 476 g/mol. The Morgan fingerprint density at radius 3 is 2.65 bits per heavy atom. The molecule has 3 N–H and O–H groups in total. The molecule has 0 saturated carbocycles. The zero-order chi connectivity index (χ0) is 23.9. The molecule has 0 aliphatic rings. The van der Waals surface area contributed by atoms with Gasteiger partial charge in [-0.3, -0.25) is 10.2 Å². The van der Waals surface area contributed by atoms with Crippen molar-refractivity contribution in [3.05, 3.63) is 89.7 Å². The molecule has 0 radical (unpaired) electrons. The SMILES string of the molecule is CCOc1cc(C=NNc2nc(-c3ccc(F)cc3)c(NC(=O)c3ccccc3)s2)ccc1O. The molecule has 4 rings (SSSR count). The second-order valence-electron chi connectivity index (χ2n) is 7.05. The molecular formula is C25H21FN4O3S. The van der Waals surface area contributed by atoms with E-state index in [1.165, 1.54) is 29.5 Å². The number of hydrogen-bond acceptors (Lipinski definition) is 7. The Morgan fingerprint density at radius 2 is 1.91 bits per heavy atom. The van der Waals surface area contributed by atoms with Crippen LogP contribution in [0.15, 0.2) is 77.9 Å². The number of hydrogen-bond donors (Lipinski definition) is 3. The third kappa shape index (κ3) is 5.57. The van der Waals surface area contributed by atoms with Crippen LogP contribution >= 0.6 is 11.3 Å². The number of phenols is 1. The van der Waals surface area contributed by atoms with Gasteiger partial charge < -0.3 is 15.2 Å². The van der Waals surface area contributed by atoms with Crippen LogP contribution in [0.2, 0.25) is 0 Å². The van der Waals surface area contributed by atoms with Crippen molar-refractivity contribution in [2.75, 3.05) is 17.3 Å². The summed E-state index contributed by atoms with van der Waals surface area (Å²) in [4.78, 5) is 17.2. The number of phenolic OH excluding ortho intramolecular Hbond substituents is 1. The smallest absolute Gasteiger partial charge is 0.256 e. The van der Waals surface area contributed by atoms with E-state index in [1.807, 2.05) is 13.0 Å². The molecule has 34 heavy (non-hydrogen) atoms. The molecule has 0 fully saturated rings. The lowest BCUT2D eigenvalue weighted by molar-refractivity contribution is 0.102. The van der Waals surface area contributed by atoms with Gasteiger partial charge in [0.2, 0.25) is 5.13 Å². The molecule has 0 bridgehead atoms. The van der Waals surface area contributed by atoms with Gasteiger partial charge in [0.05, 0.1) is 12.8 Å². The fourth-order valence-corrected chi connectivity index (χ4v) is 3.90. The number of nitrogens with one attached hydrogen (secondary N) is 2. The summed E-state index contributed by atoms with van der Waals surface area (Å²) in [6, 6.07) is 19.6. The molecular weight excluding hydrogens is 455 g/mol. The quantitative estimate of drug-likeness (QED) is 0.222.